The molecule has 8 nitrogen and oxygen atoms in total. The normalized spacial score (nSPS) is 22.3. The Hall–Kier alpha value is -2.77. The Labute approximate surface area is 157 Å². The van der Waals surface area contributed by atoms with Crippen LogP contribution in [-0.2, 0) is 14.3 Å². The van der Waals surface area contributed by atoms with E-state index in [4.69, 9.17) is 14.2 Å². The lowest BCUT2D eigenvalue weighted by Gasteiger charge is -2.30. The molecule has 2 aliphatic rings. The van der Waals surface area contributed by atoms with Gasteiger partial charge in [-0.1, -0.05) is 6.92 Å². The van der Waals surface area contributed by atoms with E-state index in [1.165, 1.54) is 19.1 Å². The first-order valence-corrected chi connectivity index (χ1v) is 9.00. The van der Waals surface area contributed by atoms with Gasteiger partial charge in [-0.05, 0) is 31.9 Å². The molecule has 2 heterocycles. The number of nitrogens with zero attached hydrogens (tertiary/aromatic N) is 1. The largest absolute Gasteiger partial charge is 0.493 e. The topological polar surface area (TPSA) is 94.2 Å². The van der Waals surface area contributed by atoms with Gasteiger partial charge in [0, 0.05) is 18.0 Å². The Morgan fingerprint density at radius 3 is 2.70 bits per heavy atom. The quantitative estimate of drug-likeness (QED) is 0.761. The standard InChI is InChI=1S/C19H24N2O6/c1-5-10(2)20-17(23)12-7-9-14(22)21(12)18-11-6-8-13(25-3)16(26-4)15(11)19(24)27-18/h6,8,10,12,18H,5,7,9H2,1-4H3,(H,20,23)/t10-,12-,18-/m1/s1. The third-order valence-electron chi connectivity index (χ3n) is 5.08. The number of carbonyl (C=O) groups excluding carboxylic acids is 3. The lowest BCUT2D eigenvalue weighted by atomic mass is 10.0. The molecule has 27 heavy (non-hydrogen) atoms. The summed E-state index contributed by atoms with van der Waals surface area (Å²) in [5.41, 5.74) is 0.719. The number of amides is 2. The van der Waals surface area contributed by atoms with Crippen molar-refractivity contribution in [2.24, 2.45) is 0 Å². The highest BCUT2D eigenvalue weighted by molar-refractivity contribution is 5.99. The fraction of sp³-hybridized carbons (Fsp3) is 0.526. The number of fused-ring (bicyclic) bond motifs is 1. The number of methoxy groups -OCH3 is 2. The van der Waals surface area contributed by atoms with Crippen molar-refractivity contribution in [3.63, 3.8) is 0 Å². The summed E-state index contributed by atoms with van der Waals surface area (Å²) in [5, 5.41) is 2.90. The zero-order valence-corrected chi connectivity index (χ0v) is 15.9. The second-order valence-electron chi connectivity index (χ2n) is 6.70. The van der Waals surface area contributed by atoms with E-state index in [9.17, 15) is 14.4 Å². The van der Waals surface area contributed by atoms with Crippen LogP contribution in [0, 0.1) is 0 Å². The van der Waals surface area contributed by atoms with E-state index >= 15 is 0 Å². The molecule has 1 fully saturated rings. The van der Waals surface area contributed by atoms with Crippen LogP contribution in [0.25, 0.3) is 0 Å². The second kappa shape index (κ2) is 7.46. The molecule has 0 aliphatic carbocycles. The maximum absolute atomic E-state index is 12.7. The molecule has 146 valence electrons. The number of hydrogen-bond donors (Lipinski definition) is 1. The molecule has 0 bridgehead atoms. The van der Waals surface area contributed by atoms with Crippen molar-refractivity contribution in [2.45, 2.75) is 51.4 Å². The first kappa shape index (κ1) is 19.0. The molecule has 3 rings (SSSR count). The Bertz CT molecular complexity index is 778. The lowest BCUT2D eigenvalue weighted by molar-refractivity contribution is -0.146. The van der Waals surface area contributed by atoms with Crippen LogP contribution in [0.5, 0.6) is 11.5 Å². The Morgan fingerprint density at radius 2 is 2.07 bits per heavy atom. The molecule has 1 aromatic rings. The minimum Gasteiger partial charge on any atom is -0.493 e. The monoisotopic (exact) mass is 376 g/mol. The number of rotatable bonds is 6. The highest BCUT2D eigenvalue weighted by atomic mass is 16.6. The highest BCUT2D eigenvalue weighted by Gasteiger charge is 2.47. The van der Waals surface area contributed by atoms with Gasteiger partial charge in [-0.2, -0.15) is 0 Å². The summed E-state index contributed by atoms with van der Waals surface area (Å²) in [7, 11) is 2.91. The Morgan fingerprint density at radius 1 is 1.33 bits per heavy atom. The maximum atomic E-state index is 12.7. The van der Waals surface area contributed by atoms with E-state index in [0.717, 1.165) is 6.42 Å². The van der Waals surface area contributed by atoms with Crippen molar-refractivity contribution in [2.75, 3.05) is 14.2 Å². The van der Waals surface area contributed by atoms with Crippen LogP contribution in [0.1, 0.15) is 55.3 Å². The molecule has 8 heteroatoms. The summed E-state index contributed by atoms with van der Waals surface area (Å²) in [6, 6.07) is 2.64. The molecular weight excluding hydrogens is 352 g/mol. The predicted molar refractivity (Wildman–Crippen MR) is 95.5 cm³/mol. The average Bonchev–Trinajstić information content (AvgIpc) is 3.20. The second-order valence-corrected chi connectivity index (χ2v) is 6.70. The van der Waals surface area contributed by atoms with E-state index in [2.05, 4.69) is 5.32 Å². The van der Waals surface area contributed by atoms with E-state index in [1.54, 1.807) is 12.1 Å². The number of nitrogens with one attached hydrogen (secondary N) is 1. The van der Waals surface area contributed by atoms with Crippen LogP contribution < -0.4 is 14.8 Å². The summed E-state index contributed by atoms with van der Waals surface area (Å²) in [6.07, 6.45) is 0.451. The summed E-state index contributed by atoms with van der Waals surface area (Å²) in [5.74, 6) is -0.408. The van der Waals surface area contributed by atoms with Gasteiger partial charge < -0.3 is 19.5 Å². The van der Waals surface area contributed by atoms with E-state index in [-0.39, 0.29) is 35.6 Å². The molecule has 0 saturated carbocycles. The predicted octanol–water partition coefficient (Wildman–Crippen LogP) is 1.78. The molecular formula is C19H24N2O6. The van der Waals surface area contributed by atoms with Gasteiger partial charge in [-0.3, -0.25) is 14.5 Å². The van der Waals surface area contributed by atoms with Gasteiger partial charge in [0.25, 0.3) is 0 Å². The van der Waals surface area contributed by atoms with Crippen molar-refractivity contribution < 1.29 is 28.6 Å². The Kier molecular flexibility index (Phi) is 5.25. The van der Waals surface area contributed by atoms with Crippen LogP contribution in [0.2, 0.25) is 0 Å². The van der Waals surface area contributed by atoms with E-state index in [1.807, 2.05) is 13.8 Å². The molecule has 0 radical (unpaired) electrons. The average molecular weight is 376 g/mol. The van der Waals surface area contributed by atoms with Crippen LogP contribution >= 0.6 is 0 Å². The number of benzene rings is 1. The van der Waals surface area contributed by atoms with Gasteiger partial charge in [0.2, 0.25) is 18.0 Å². The number of ether oxygens (including phenoxy) is 3. The van der Waals surface area contributed by atoms with Crippen molar-refractivity contribution in [1.29, 1.82) is 0 Å². The first-order chi connectivity index (χ1) is 12.9. The number of carbonyl (C=O) groups is 3. The molecule has 0 unspecified atom stereocenters. The number of likely N-dealkylation sites (tertiary alicyclic amines) is 1. The molecule has 2 amide bonds. The minimum absolute atomic E-state index is 0.00202. The van der Waals surface area contributed by atoms with Crippen molar-refractivity contribution in [1.82, 2.24) is 10.2 Å². The van der Waals surface area contributed by atoms with Gasteiger partial charge >= 0.3 is 5.97 Å². The maximum Gasteiger partial charge on any atom is 0.344 e. The molecule has 1 aromatic carbocycles. The van der Waals surface area contributed by atoms with Crippen molar-refractivity contribution in [3.8, 4) is 11.5 Å². The summed E-state index contributed by atoms with van der Waals surface area (Å²) >= 11 is 0. The highest BCUT2D eigenvalue weighted by Crippen LogP contribution is 2.45. The minimum atomic E-state index is -0.949. The van der Waals surface area contributed by atoms with Crippen LogP contribution in [0.15, 0.2) is 12.1 Å². The lowest BCUT2D eigenvalue weighted by Crippen LogP contribution is -2.48. The van der Waals surface area contributed by atoms with Crippen molar-refractivity contribution >= 4 is 17.8 Å². The molecule has 1 saturated heterocycles. The van der Waals surface area contributed by atoms with E-state index in [0.29, 0.717) is 17.7 Å². The van der Waals surface area contributed by atoms with Gasteiger partial charge in [0.05, 0.1) is 14.2 Å². The van der Waals surface area contributed by atoms with Gasteiger partial charge in [0.15, 0.2) is 11.5 Å². The van der Waals surface area contributed by atoms with Crippen LogP contribution in [0.3, 0.4) is 0 Å². The molecule has 1 N–H and O–H groups in total. The zero-order chi connectivity index (χ0) is 19.7. The number of esters is 1. The third kappa shape index (κ3) is 3.20. The summed E-state index contributed by atoms with van der Waals surface area (Å²) in [6.45, 7) is 3.87. The Balaban J connectivity index is 1.96. The summed E-state index contributed by atoms with van der Waals surface area (Å²) < 4.78 is 16.0. The van der Waals surface area contributed by atoms with Crippen LogP contribution in [0.4, 0.5) is 0 Å². The van der Waals surface area contributed by atoms with Crippen molar-refractivity contribution in [3.05, 3.63) is 23.3 Å². The zero-order valence-electron chi connectivity index (χ0n) is 15.9. The molecule has 3 atom stereocenters. The number of hydrogen-bond acceptors (Lipinski definition) is 6. The third-order valence-corrected chi connectivity index (χ3v) is 5.08. The fourth-order valence-electron chi connectivity index (χ4n) is 3.48. The molecule has 0 spiro atoms. The first-order valence-electron chi connectivity index (χ1n) is 9.00. The van der Waals surface area contributed by atoms with Gasteiger partial charge in [-0.15, -0.1) is 0 Å². The van der Waals surface area contributed by atoms with E-state index < -0.39 is 18.2 Å². The SMILES string of the molecule is CC[C@@H](C)NC(=O)[C@H]1CCC(=O)N1[C@@H]1OC(=O)c2c1ccc(OC)c2OC. The van der Waals surface area contributed by atoms with Gasteiger partial charge in [0.1, 0.15) is 11.6 Å². The van der Waals surface area contributed by atoms with Crippen LogP contribution in [-0.4, -0.2) is 49.0 Å². The number of cyclic esters (lactones) is 1. The fourth-order valence-corrected chi connectivity index (χ4v) is 3.48. The molecule has 0 aromatic heterocycles. The molecule has 2 aliphatic heterocycles. The summed E-state index contributed by atoms with van der Waals surface area (Å²) in [4.78, 5) is 39.0. The van der Waals surface area contributed by atoms with Gasteiger partial charge in [-0.25, -0.2) is 4.79 Å². The smallest absolute Gasteiger partial charge is 0.344 e.